The number of halogens is 1. The monoisotopic (exact) mass is 601 g/mol. The highest BCUT2D eigenvalue weighted by molar-refractivity contribution is 9.10. The van der Waals surface area contributed by atoms with Crippen molar-refractivity contribution in [2.24, 2.45) is 5.10 Å². The molecule has 13 nitrogen and oxygen atoms in total. The van der Waals surface area contributed by atoms with Gasteiger partial charge in [0.05, 0.1) is 24.0 Å². The molecule has 200 valence electrons. The van der Waals surface area contributed by atoms with Crippen molar-refractivity contribution in [2.45, 2.75) is 6.54 Å². The Bertz CT molecular complexity index is 1670. The Kier molecular flexibility index (Phi) is 7.87. The number of benzene rings is 3. The number of hydrogen-bond acceptors (Lipinski definition) is 11. The molecule has 0 bridgehead atoms. The molecule has 0 aliphatic carbocycles. The molecular formula is C26H20BrN9O4. The standard InChI is InChI=1S/C26H20BrN9O4/c27-18-11-12-21(39-26(38)16-7-3-1-4-8-16)17(13-18)14-30-32-25(37)22-20(15-29-19-9-5-2-6-10-19)36(35-31-22)24-23(28)33-40-34-24/h1-14,29H,15H2,(H2,28,33)(H,32,37). The smallest absolute Gasteiger partial charge is 0.343 e. The molecule has 0 aliphatic heterocycles. The summed E-state index contributed by atoms with van der Waals surface area (Å²) in [4.78, 5) is 25.6. The van der Waals surface area contributed by atoms with Gasteiger partial charge in [0.25, 0.3) is 5.91 Å². The lowest BCUT2D eigenvalue weighted by atomic mass is 10.2. The number of hydrogen-bond donors (Lipinski definition) is 3. The van der Waals surface area contributed by atoms with E-state index >= 15 is 0 Å². The SMILES string of the molecule is Nc1nonc1-n1nnc(C(=O)NN=Cc2cc(Br)ccc2OC(=O)c2ccccc2)c1CNc1ccccc1. The van der Waals surface area contributed by atoms with Crippen LogP contribution in [0.25, 0.3) is 5.82 Å². The van der Waals surface area contributed by atoms with Gasteiger partial charge in [0, 0.05) is 15.7 Å². The average molecular weight is 602 g/mol. The molecule has 1 amide bonds. The molecular weight excluding hydrogens is 582 g/mol. The van der Waals surface area contributed by atoms with Crippen molar-refractivity contribution in [3.05, 3.63) is 106 Å². The Morgan fingerprint density at radius 2 is 1.80 bits per heavy atom. The maximum absolute atomic E-state index is 13.1. The molecule has 0 spiro atoms. The predicted octanol–water partition coefficient (Wildman–Crippen LogP) is 3.59. The molecule has 40 heavy (non-hydrogen) atoms. The van der Waals surface area contributed by atoms with Crippen LogP contribution in [0, 0.1) is 0 Å². The average Bonchev–Trinajstić information content (AvgIpc) is 3.59. The molecule has 5 aromatic rings. The van der Waals surface area contributed by atoms with Crippen LogP contribution >= 0.6 is 15.9 Å². The summed E-state index contributed by atoms with van der Waals surface area (Å²) in [6.45, 7) is 0.140. The van der Waals surface area contributed by atoms with Gasteiger partial charge < -0.3 is 15.8 Å². The zero-order valence-electron chi connectivity index (χ0n) is 20.6. The summed E-state index contributed by atoms with van der Waals surface area (Å²) in [6.07, 6.45) is 1.35. The fourth-order valence-electron chi connectivity index (χ4n) is 3.55. The van der Waals surface area contributed by atoms with E-state index in [0.717, 1.165) is 10.2 Å². The minimum absolute atomic E-state index is 0.0249. The lowest BCUT2D eigenvalue weighted by Gasteiger charge is -2.09. The molecule has 4 N–H and O–H groups in total. The van der Waals surface area contributed by atoms with Crippen LogP contribution in [0.15, 0.2) is 93.1 Å². The van der Waals surface area contributed by atoms with E-state index in [1.54, 1.807) is 48.5 Å². The second-order valence-corrected chi connectivity index (χ2v) is 9.04. The number of hydrazone groups is 1. The molecule has 0 aliphatic rings. The number of anilines is 2. The molecule has 0 radical (unpaired) electrons. The molecule has 0 saturated carbocycles. The van der Waals surface area contributed by atoms with Crippen LogP contribution < -0.4 is 21.2 Å². The van der Waals surface area contributed by atoms with E-state index in [9.17, 15) is 9.59 Å². The first-order chi connectivity index (χ1) is 19.5. The Hall–Kier alpha value is -5.37. The summed E-state index contributed by atoms with van der Waals surface area (Å²) in [7, 11) is 0. The van der Waals surface area contributed by atoms with Crippen molar-refractivity contribution in [3.63, 3.8) is 0 Å². The summed E-state index contributed by atoms with van der Waals surface area (Å²) < 4.78 is 12.2. The summed E-state index contributed by atoms with van der Waals surface area (Å²) >= 11 is 3.39. The van der Waals surface area contributed by atoms with Crippen LogP contribution in [0.5, 0.6) is 5.75 Å². The molecule has 2 heterocycles. The highest BCUT2D eigenvalue weighted by atomic mass is 79.9. The number of nitrogen functional groups attached to an aromatic ring is 1. The van der Waals surface area contributed by atoms with E-state index in [1.165, 1.54) is 10.9 Å². The summed E-state index contributed by atoms with van der Waals surface area (Å²) in [5.74, 6) is -0.875. The first-order valence-electron chi connectivity index (χ1n) is 11.7. The molecule has 0 saturated heterocycles. The topological polar surface area (TPSA) is 175 Å². The van der Waals surface area contributed by atoms with Gasteiger partial charge in [-0.15, -0.1) is 5.10 Å². The fraction of sp³-hybridized carbons (Fsp3) is 0.0385. The molecule has 0 atom stereocenters. The summed E-state index contributed by atoms with van der Waals surface area (Å²) in [5, 5.41) is 22.6. The van der Waals surface area contributed by atoms with Crippen LogP contribution in [0.1, 0.15) is 32.1 Å². The number of nitrogens with one attached hydrogen (secondary N) is 2. The van der Waals surface area contributed by atoms with Crippen molar-refractivity contribution in [1.82, 2.24) is 30.7 Å². The van der Waals surface area contributed by atoms with E-state index in [-0.39, 0.29) is 29.6 Å². The van der Waals surface area contributed by atoms with Gasteiger partial charge in [-0.25, -0.2) is 14.8 Å². The summed E-state index contributed by atoms with van der Waals surface area (Å²) in [5.41, 5.74) is 10.2. The maximum atomic E-state index is 13.1. The normalized spacial score (nSPS) is 10.9. The third kappa shape index (κ3) is 6.02. The third-order valence-corrected chi connectivity index (χ3v) is 5.96. The number of aromatic nitrogens is 5. The molecule has 0 fully saturated rings. The Morgan fingerprint density at radius 1 is 1.05 bits per heavy atom. The summed E-state index contributed by atoms with van der Waals surface area (Å²) in [6, 6.07) is 23.0. The zero-order chi connectivity index (χ0) is 27.9. The van der Waals surface area contributed by atoms with Gasteiger partial charge in [0.15, 0.2) is 5.69 Å². The Morgan fingerprint density at radius 3 is 2.52 bits per heavy atom. The van der Waals surface area contributed by atoms with E-state index in [2.05, 4.69) is 57.0 Å². The Balaban J connectivity index is 1.36. The number of esters is 1. The quantitative estimate of drug-likeness (QED) is 0.0979. The van der Waals surface area contributed by atoms with Crippen molar-refractivity contribution in [1.29, 1.82) is 0 Å². The van der Waals surface area contributed by atoms with Gasteiger partial charge in [-0.2, -0.15) is 9.78 Å². The van der Waals surface area contributed by atoms with E-state index in [0.29, 0.717) is 16.8 Å². The van der Waals surface area contributed by atoms with Gasteiger partial charge in [-0.3, -0.25) is 4.79 Å². The molecule has 0 unspecified atom stereocenters. The van der Waals surface area contributed by atoms with E-state index < -0.39 is 11.9 Å². The van der Waals surface area contributed by atoms with Crippen LogP contribution in [-0.4, -0.2) is 43.4 Å². The third-order valence-electron chi connectivity index (χ3n) is 5.46. The van der Waals surface area contributed by atoms with Gasteiger partial charge in [0.2, 0.25) is 11.6 Å². The van der Waals surface area contributed by atoms with Gasteiger partial charge in [-0.1, -0.05) is 57.5 Å². The van der Waals surface area contributed by atoms with Crippen LogP contribution in [0.3, 0.4) is 0 Å². The Labute approximate surface area is 235 Å². The van der Waals surface area contributed by atoms with Crippen LogP contribution in [0.4, 0.5) is 11.5 Å². The van der Waals surface area contributed by atoms with Crippen LogP contribution in [0.2, 0.25) is 0 Å². The second-order valence-electron chi connectivity index (χ2n) is 8.13. The van der Waals surface area contributed by atoms with Crippen LogP contribution in [-0.2, 0) is 6.54 Å². The highest BCUT2D eigenvalue weighted by Crippen LogP contribution is 2.23. The number of carbonyl (C=O) groups excluding carboxylic acids is 2. The van der Waals surface area contributed by atoms with E-state index in [1.807, 2.05) is 30.3 Å². The van der Waals surface area contributed by atoms with Crippen molar-refractivity contribution >= 4 is 45.5 Å². The molecule has 2 aromatic heterocycles. The number of ether oxygens (including phenoxy) is 1. The van der Waals surface area contributed by atoms with Crippen molar-refractivity contribution in [3.8, 4) is 11.6 Å². The maximum Gasteiger partial charge on any atom is 0.343 e. The first kappa shape index (κ1) is 26.2. The van der Waals surface area contributed by atoms with E-state index in [4.69, 9.17) is 10.5 Å². The molecule has 14 heteroatoms. The lowest BCUT2D eigenvalue weighted by Crippen LogP contribution is -2.21. The molecule has 3 aromatic carbocycles. The second kappa shape index (κ2) is 12.0. The first-order valence-corrected chi connectivity index (χ1v) is 12.5. The number of carbonyl (C=O) groups is 2. The number of nitrogens with zero attached hydrogens (tertiary/aromatic N) is 6. The number of nitrogens with two attached hydrogens (primary N) is 1. The highest BCUT2D eigenvalue weighted by Gasteiger charge is 2.24. The number of amides is 1. The minimum Gasteiger partial charge on any atom is -0.422 e. The number of rotatable bonds is 9. The van der Waals surface area contributed by atoms with Crippen molar-refractivity contribution in [2.75, 3.05) is 11.1 Å². The fourth-order valence-corrected chi connectivity index (χ4v) is 3.92. The largest absolute Gasteiger partial charge is 0.422 e. The minimum atomic E-state index is -0.653. The van der Waals surface area contributed by atoms with Gasteiger partial charge >= 0.3 is 5.97 Å². The zero-order valence-corrected chi connectivity index (χ0v) is 22.1. The van der Waals surface area contributed by atoms with Gasteiger partial charge in [-0.05, 0) is 52.8 Å². The molecule has 5 rings (SSSR count). The number of para-hydroxylation sites is 1. The van der Waals surface area contributed by atoms with Crippen molar-refractivity contribution < 1.29 is 19.0 Å². The van der Waals surface area contributed by atoms with Gasteiger partial charge in [0.1, 0.15) is 5.75 Å². The predicted molar refractivity (Wildman–Crippen MR) is 148 cm³/mol. The lowest BCUT2D eigenvalue weighted by molar-refractivity contribution is 0.0734.